The van der Waals surface area contributed by atoms with Crippen molar-refractivity contribution in [3.63, 3.8) is 0 Å². The second-order valence-electron chi connectivity index (χ2n) is 5.14. The van der Waals surface area contributed by atoms with E-state index in [-0.39, 0.29) is 18.1 Å². The third-order valence-corrected chi connectivity index (χ3v) is 3.81. The summed E-state index contributed by atoms with van der Waals surface area (Å²) < 4.78 is 0. The molecular weight excluding hydrogens is 304 g/mol. The lowest BCUT2D eigenvalue weighted by molar-refractivity contribution is 0.215. The van der Waals surface area contributed by atoms with E-state index in [4.69, 9.17) is 11.6 Å². The van der Waals surface area contributed by atoms with Crippen molar-refractivity contribution in [1.82, 2.24) is 20.9 Å². The van der Waals surface area contributed by atoms with Gasteiger partial charge in [-0.15, -0.1) is 0 Å². The standard InChI is InChI=1S/C15H21ClN4O2/c1-2-13(11-4-3-5-12(16)10-11)19-14(21)17-6-8-20-9-7-18-15(20)22/h3-5,10,13H,2,6-9H2,1H3,(H,18,22)(H2,17,19,21). The van der Waals surface area contributed by atoms with Crippen LogP contribution in [0.25, 0.3) is 0 Å². The van der Waals surface area contributed by atoms with E-state index in [1.54, 1.807) is 11.0 Å². The van der Waals surface area contributed by atoms with Crippen LogP contribution < -0.4 is 16.0 Å². The van der Waals surface area contributed by atoms with Crippen LogP contribution >= 0.6 is 11.6 Å². The number of urea groups is 2. The number of amides is 4. The minimum atomic E-state index is -0.244. The molecule has 0 radical (unpaired) electrons. The summed E-state index contributed by atoms with van der Waals surface area (Å²) in [6.07, 6.45) is 0.766. The number of benzene rings is 1. The van der Waals surface area contributed by atoms with Gasteiger partial charge >= 0.3 is 12.1 Å². The predicted molar refractivity (Wildman–Crippen MR) is 86.0 cm³/mol. The Hall–Kier alpha value is -1.95. The van der Waals surface area contributed by atoms with Crippen LogP contribution in [-0.4, -0.2) is 43.1 Å². The normalized spacial score (nSPS) is 15.4. The SMILES string of the molecule is CCC(NC(=O)NCCN1CCNC1=O)c1cccc(Cl)c1. The third kappa shape index (κ3) is 4.53. The van der Waals surface area contributed by atoms with E-state index < -0.39 is 0 Å². The molecule has 1 heterocycles. The molecular formula is C15H21ClN4O2. The maximum Gasteiger partial charge on any atom is 0.317 e. The van der Waals surface area contributed by atoms with Crippen molar-refractivity contribution in [1.29, 1.82) is 0 Å². The molecule has 120 valence electrons. The van der Waals surface area contributed by atoms with Crippen LogP contribution in [0.2, 0.25) is 5.02 Å². The van der Waals surface area contributed by atoms with Gasteiger partial charge in [-0.1, -0.05) is 30.7 Å². The molecule has 1 unspecified atom stereocenters. The first-order valence-corrected chi connectivity index (χ1v) is 7.80. The van der Waals surface area contributed by atoms with Gasteiger partial charge in [-0.05, 0) is 24.1 Å². The van der Waals surface area contributed by atoms with Gasteiger partial charge in [0.25, 0.3) is 0 Å². The van der Waals surface area contributed by atoms with E-state index in [0.29, 0.717) is 31.2 Å². The van der Waals surface area contributed by atoms with Crippen molar-refractivity contribution >= 4 is 23.7 Å². The Morgan fingerprint density at radius 2 is 2.32 bits per heavy atom. The van der Waals surface area contributed by atoms with E-state index in [0.717, 1.165) is 12.0 Å². The zero-order valence-electron chi connectivity index (χ0n) is 12.6. The van der Waals surface area contributed by atoms with Gasteiger partial charge < -0.3 is 20.9 Å². The molecule has 1 saturated heterocycles. The first-order chi connectivity index (χ1) is 10.6. The lowest BCUT2D eigenvalue weighted by atomic mass is 10.1. The van der Waals surface area contributed by atoms with E-state index in [9.17, 15) is 9.59 Å². The van der Waals surface area contributed by atoms with Crippen molar-refractivity contribution in [2.75, 3.05) is 26.2 Å². The van der Waals surface area contributed by atoms with E-state index in [2.05, 4.69) is 16.0 Å². The topological polar surface area (TPSA) is 73.5 Å². The second kappa shape index (κ2) is 7.89. The van der Waals surface area contributed by atoms with Crippen LogP contribution in [0, 0.1) is 0 Å². The summed E-state index contributed by atoms with van der Waals surface area (Å²) in [5.74, 6) is 0. The molecule has 6 nitrogen and oxygen atoms in total. The molecule has 1 aliphatic heterocycles. The molecule has 3 N–H and O–H groups in total. The highest BCUT2D eigenvalue weighted by Gasteiger charge is 2.19. The van der Waals surface area contributed by atoms with E-state index in [1.807, 2.05) is 25.1 Å². The lowest BCUT2D eigenvalue weighted by Crippen LogP contribution is -2.42. The highest BCUT2D eigenvalue weighted by molar-refractivity contribution is 6.30. The molecule has 1 aliphatic rings. The summed E-state index contributed by atoms with van der Waals surface area (Å²) in [5, 5.41) is 9.07. The number of carbonyl (C=O) groups is 2. The number of hydrogen-bond acceptors (Lipinski definition) is 2. The maximum atomic E-state index is 12.0. The van der Waals surface area contributed by atoms with Gasteiger partial charge in [-0.2, -0.15) is 0 Å². The number of halogens is 1. The largest absolute Gasteiger partial charge is 0.336 e. The van der Waals surface area contributed by atoms with E-state index in [1.165, 1.54) is 0 Å². The number of nitrogens with one attached hydrogen (secondary N) is 3. The average molecular weight is 325 g/mol. The zero-order chi connectivity index (χ0) is 15.9. The molecule has 0 aliphatic carbocycles. The number of hydrogen-bond donors (Lipinski definition) is 3. The number of carbonyl (C=O) groups excluding carboxylic acids is 2. The van der Waals surface area contributed by atoms with Crippen LogP contribution in [0.4, 0.5) is 9.59 Å². The highest BCUT2D eigenvalue weighted by atomic mass is 35.5. The summed E-state index contributed by atoms with van der Waals surface area (Å²) in [7, 11) is 0. The zero-order valence-corrected chi connectivity index (χ0v) is 13.3. The summed E-state index contributed by atoms with van der Waals surface area (Å²) >= 11 is 5.98. The molecule has 22 heavy (non-hydrogen) atoms. The maximum absolute atomic E-state index is 12.0. The monoisotopic (exact) mass is 324 g/mol. The van der Waals surface area contributed by atoms with Crippen molar-refractivity contribution < 1.29 is 9.59 Å². The summed E-state index contributed by atoms with van der Waals surface area (Å²) in [4.78, 5) is 25.0. The lowest BCUT2D eigenvalue weighted by Gasteiger charge is -2.19. The van der Waals surface area contributed by atoms with Crippen LogP contribution in [0.1, 0.15) is 24.9 Å². The van der Waals surface area contributed by atoms with Gasteiger partial charge in [-0.3, -0.25) is 0 Å². The molecule has 0 bridgehead atoms. The molecule has 0 aromatic heterocycles. The Morgan fingerprint density at radius 1 is 1.50 bits per heavy atom. The van der Waals surface area contributed by atoms with Gasteiger partial charge in [0.05, 0.1) is 6.04 Å². The summed E-state index contributed by atoms with van der Waals surface area (Å²) in [6.45, 7) is 4.28. The molecule has 7 heteroatoms. The highest BCUT2D eigenvalue weighted by Crippen LogP contribution is 2.20. The summed E-state index contributed by atoms with van der Waals surface area (Å²) in [6, 6.07) is 7.05. The van der Waals surface area contributed by atoms with Crippen molar-refractivity contribution in [2.24, 2.45) is 0 Å². The van der Waals surface area contributed by atoms with Crippen molar-refractivity contribution in [3.05, 3.63) is 34.9 Å². The fourth-order valence-electron chi connectivity index (χ4n) is 2.38. The Bertz CT molecular complexity index is 538. The first-order valence-electron chi connectivity index (χ1n) is 7.42. The fraction of sp³-hybridized carbons (Fsp3) is 0.467. The third-order valence-electron chi connectivity index (χ3n) is 3.58. The van der Waals surface area contributed by atoms with Crippen LogP contribution in [0.5, 0.6) is 0 Å². The van der Waals surface area contributed by atoms with Gasteiger partial charge in [0.1, 0.15) is 0 Å². The van der Waals surface area contributed by atoms with E-state index >= 15 is 0 Å². The molecule has 1 fully saturated rings. The quantitative estimate of drug-likeness (QED) is 0.750. The van der Waals surface area contributed by atoms with Crippen LogP contribution in [0.15, 0.2) is 24.3 Å². The van der Waals surface area contributed by atoms with Gasteiger partial charge in [0, 0.05) is 31.2 Å². The van der Waals surface area contributed by atoms with Crippen molar-refractivity contribution in [2.45, 2.75) is 19.4 Å². The Balaban J connectivity index is 1.78. The molecule has 0 spiro atoms. The first kappa shape index (κ1) is 16.4. The predicted octanol–water partition coefficient (Wildman–Crippen LogP) is 2.12. The average Bonchev–Trinajstić information content (AvgIpc) is 2.90. The molecule has 2 rings (SSSR count). The second-order valence-corrected chi connectivity index (χ2v) is 5.57. The van der Waals surface area contributed by atoms with Crippen LogP contribution in [0.3, 0.4) is 0 Å². The molecule has 0 saturated carbocycles. The smallest absolute Gasteiger partial charge is 0.317 e. The molecule has 4 amide bonds. The fourth-order valence-corrected chi connectivity index (χ4v) is 2.58. The molecule has 1 aromatic rings. The van der Waals surface area contributed by atoms with Gasteiger partial charge in [-0.25, -0.2) is 9.59 Å². The molecule has 1 aromatic carbocycles. The molecule has 1 atom stereocenters. The number of rotatable bonds is 6. The van der Waals surface area contributed by atoms with Crippen LogP contribution in [-0.2, 0) is 0 Å². The Labute approximate surface area is 135 Å². The Morgan fingerprint density at radius 3 is 2.95 bits per heavy atom. The van der Waals surface area contributed by atoms with Crippen molar-refractivity contribution in [3.8, 4) is 0 Å². The summed E-state index contributed by atoms with van der Waals surface area (Å²) in [5.41, 5.74) is 0.976. The number of nitrogens with zero attached hydrogens (tertiary/aromatic N) is 1. The van der Waals surface area contributed by atoms with Gasteiger partial charge in [0.15, 0.2) is 0 Å². The van der Waals surface area contributed by atoms with Gasteiger partial charge in [0.2, 0.25) is 0 Å². The minimum absolute atomic E-state index is 0.0763. The minimum Gasteiger partial charge on any atom is -0.336 e. The Kier molecular flexibility index (Phi) is 5.89.